The van der Waals surface area contributed by atoms with Crippen LogP contribution in [0.25, 0.3) is 10.9 Å². The van der Waals surface area contributed by atoms with Crippen molar-refractivity contribution in [1.29, 1.82) is 0 Å². The van der Waals surface area contributed by atoms with E-state index in [0.717, 1.165) is 48.3 Å². The molecule has 1 atom stereocenters. The van der Waals surface area contributed by atoms with E-state index in [4.69, 9.17) is 4.74 Å². The Morgan fingerprint density at radius 1 is 1.13 bits per heavy atom. The van der Waals surface area contributed by atoms with Crippen molar-refractivity contribution in [1.82, 2.24) is 9.78 Å². The molecule has 0 N–H and O–H groups in total. The fourth-order valence-corrected chi connectivity index (χ4v) is 3.79. The van der Waals surface area contributed by atoms with Crippen molar-refractivity contribution in [3.8, 4) is 11.8 Å². The Morgan fingerprint density at radius 3 is 2.83 bits per heavy atom. The van der Waals surface area contributed by atoms with Gasteiger partial charge in [0.2, 0.25) is 0 Å². The van der Waals surface area contributed by atoms with E-state index in [9.17, 15) is 0 Å². The van der Waals surface area contributed by atoms with E-state index in [1.54, 1.807) is 0 Å². The fourth-order valence-electron chi connectivity index (χ4n) is 3.79. The lowest BCUT2D eigenvalue weighted by molar-refractivity contribution is -0.0366. The van der Waals surface area contributed by atoms with Crippen molar-refractivity contribution in [2.75, 3.05) is 6.61 Å². The van der Waals surface area contributed by atoms with Gasteiger partial charge in [-0.25, -0.2) is 4.68 Å². The zero-order chi connectivity index (χ0) is 15.5. The first-order valence-electron chi connectivity index (χ1n) is 8.98. The van der Waals surface area contributed by atoms with E-state index in [1.807, 2.05) is 10.9 Å². The average Bonchev–Trinajstić information content (AvgIpc) is 3.25. The molecule has 23 heavy (non-hydrogen) atoms. The van der Waals surface area contributed by atoms with Gasteiger partial charge in [-0.05, 0) is 56.2 Å². The molecule has 1 saturated heterocycles. The van der Waals surface area contributed by atoms with Gasteiger partial charge in [-0.3, -0.25) is 0 Å². The quantitative estimate of drug-likeness (QED) is 0.754. The minimum absolute atomic E-state index is 0.0977. The minimum Gasteiger partial charge on any atom is -0.356 e. The number of hydrogen-bond donors (Lipinski definition) is 0. The molecule has 1 aliphatic carbocycles. The van der Waals surface area contributed by atoms with Gasteiger partial charge in [0, 0.05) is 24.0 Å². The van der Waals surface area contributed by atoms with Crippen LogP contribution in [0.5, 0.6) is 0 Å². The molecule has 3 nitrogen and oxygen atoms in total. The number of hydrogen-bond acceptors (Lipinski definition) is 2. The molecule has 0 amide bonds. The smallest absolute Gasteiger partial charge is 0.150 e. The van der Waals surface area contributed by atoms with Crippen LogP contribution < -0.4 is 0 Å². The number of aromatic nitrogens is 2. The Morgan fingerprint density at radius 2 is 2.00 bits per heavy atom. The summed E-state index contributed by atoms with van der Waals surface area (Å²) in [7, 11) is 0. The average molecular weight is 308 g/mol. The predicted octanol–water partition coefficient (Wildman–Crippen LogP) is 4.67. The highest BCUT2D eigenvalue weighted by molar-refractivity contribution is 5.80. The van der Waals surface area contributed by atoms with Gasteiger partial charge < -0.3 is 4.74 Å². The van der Waals surface area contributed by atoms with Gasteiger partial charge in [0.25, 0.3) is 0 Å². The van der Waals surface area contributed by atoms with Crippen LogP contribution in [0.2, 0.25) is 0 Å². The Labute approximate surface area is 138 Å². The third-order valence-corrected chi connectivity index (χ3v) is 5.12. The van der Waals surface area contributed by atoms with Crippen molar-refractivity contribution in [2.24, 2.45) is 5.92 Å². The fraction of sp³-hybridized carbons (Fsp3) is 0.550. The Bertz CT molecular complexity index is 725. The van der Waals surface area contributed by atoms with Crippen LogP contribution in [0.15, 0.2) is 24.4 Å². The molecule has 1 aromatic carbocycles. The SMILES string of the molecule is C(#Cc1ccc2c(cnn2C2CCCCO2)c1)CC1CCCC1. The van der Waals surface area contributed by atoms with Gasteiger partial charge in [0.05, 0.1) is 11.7 Å². The number of nitrogens with zero attached hydrogens (tertiary/aromatic N) is 2. The summed E-state index contributed by atoms with van der Waals surface area (Å²) in [5.41, 5.74) is 2.25. The van der Waals surface area contributed by atoms with Crippen LogP contribution in [0.4, 0.5) is 0 Å². The first-order valence-corrected chi connectivity index (χ1v) is 8.98. The molecule has 2 aromatic rings. The highest BCUT2D eigenvalue weighted by Crippen LogP contribution is 2.28. The van der Waals surface area contributed by atoms with Gasteiger partial charge in [-0.2, -0.15) is 5.10 Å². The monoisotopic (exact) mass is 308 g/mol. The second kappa shape index (κ2) is 6.76. The number of rotatable bonds is 2. The van der Waals surface area contributed by atoms with Crippen LogP contribution in [-0.4, -0.2) is 16.4 Å². The summed E-state index contributed by atoms with van der Waals surface area (Å²) in [5, 5.41) is 5.71. The molecule has 0 bridgehead atoms. The third-order valence-electron chi connectivity index (χ3n) is 5.12. The maximum atomic E-state index is 5.86. The predicted molar refractivity (Wildman–Crippen MR) is 92.0 cm³/mol. The van der Waals surface area contributed by atoms with Crippen LogP contribution in [-0.2, 0) is 4.74 Å². The van der Waals surface area contributed by atoms with E-state index in [-0.39, 0.29) is 6.23 Å². The molecule has 4 rings (SSSR count). The lowest BCUT2D eigenvalue weighted by Crippen LogP contribution is -2.18. The number of benzene rings is 1. The van der Waals surface area contributed by atoms with Gasteiger partial charge in [0.15, 0.2) is 6.23 Å². The number of fused-ring (bicyclic) bond motifs is 1. The molecule has 1 aliphatic heterocycles. The van der Waals surface area contributed by atoms with Crippen LogP contribution in [0.3, 0.4) is 0 Å². The number of ether oxygens (including phenoxy) is 1. The first-order chi connectivity index (χ1) is 11.4. The molecule has 2 fully saturated rings. The van der Waals surface area contributed by atoms with E-state index >= 15 is 0 Å². The molecule has 2 aliphatic rings. The highest BCUT2D eigenvalue weighted by Gasteiger charge is 2.18. The summed E-state index contributed by atoms with van der Waals surface area (Å²) in [5.74, 6) is 7.54. The van der Waals surface area contributed by atoms with Crippen LogP contribution in [0, 0.1) is 17.8 Å². The van der Waals surface area contributed by atoms with Crippen molar-refractivity contribution in [3.63, 3.8) is 0 Å². The van der Waals surface area contributed by atoms with Gasteiger partial charge in [-0.1, -0.05) is 24.7 Å². The molecular weight excluding hydrogens is 284 g/mol. The normalized spacial score (nSPS) is 22.2. The van der Waals surface area contributed by atoms with E-state index in [0.29, 0.717) is 0 Å². The Kier molecular flexibility index (Phi) is 4.35. The summed E-state index contributed by atoms with van der Waals surface area (Å²) >= 11 is 0. The summed E-state index contributed by atoms with van der Waals surface area (Å²) in [6.45, 7) is 0.844. The lowest BCUT2D eigenvalue weighted by Gasteiger charge is -2.23. The maximum Gasteiger partial charge on any atom is 0.150 e. The maximum absolute atomic E-state index is 5.86. The zero-order valence-electron chi connectivity index (χ0n) is 13.6. The molecule has 120 valence electrons. The summed E-state index contributed by atoms with van der Waals surface area (Å²) in [6, 6.07) is 6.41. The van der Waals surface area contributed by atoms with Crippen molar-refractivity contribution in [3.05, 3.63) is 30.0 Å². The summed E-state index contributed by atoms with van der Waals surface area (Å²) in [6.07, 6.45) is 12.0. The van der Waals surface area contributed by atoms with E-state index < -0.39 is 0 Å². The van der Waals surface area contributed by atoms with E-state index in [2.05, 4.69) is 35.1 Å². The third kappa shape index (κ3) is 3.28. The van der Waals surface area contributed by atoms with Crippen molar-refractivity contribution >= 4 is 10.9 Å². The topological polar surface area (TPSA) is 27.1 Å². The van der Waals surface area contributed by atoms with Gasteiger partial charge >= 0.3 is 0 Å². The van der Waals surface area contributed by atoms with Crippen LogP contribution in [0.1, 0.15) is 63.2 Å². The van der Waals surface area contributed by atoms with E-state index in [1.165, 1.54) is 32.1 Å². The Hall–Kier alpha value is -1.79. The molecular formula is C20H24N2O. The standard InChI is InChI=1S/C20H24N2O/c1-2-7-16(6-1)8-5-9-17-11-12-19-18(14-17)15-21-22(19)20-10-3-4-13-23-20/h11-12,14-16,20H,1-4,6-8,10,13H2. The van der Waals surface area contributed by atoms with Crippen molar-refractivity contribution in [2.45, 2.75) is 57.6 Å². The molecule has 1 unspecified atom stereocenters. The largest absolute Gasteiger partial charge is 0.356 e. The summed E-state index contributed by atoms with van der Waals surface area (Å²) < 4.78 is 7.89. The molecule has 1 saturated carbocycles. The second-order valence-electron chi connectivity index (χ2n) is 6.84. The minimum atomic E-state index is 0.0977. The molecule has 0 radical (unpaired) electrons. The van der Waals surface area contributed by atoms with Gasteiger partial charge in [0.1, 0.15) is 0 Å². The lowest BCUT2D eigenvalue weighted by atomic mass is 10.0. The van der Waals surface area contributed by atoms with Gasteiger partial charge in [-0.15, -0.1) is 0 Å². The first kappa shape index (κ1) is 14.8. The summed E-state index contributed by atoms with van der Waals surface area (Å²) in [4.78, 5) is 0. The van der Waals surface area contributed by atoms with Crippen LogP contribution >= 0.6 is 0 Å². The molecule has 1 aromatic heterocycles. The second-order valence-corrected chi connectivity index (χ2v) is 6.84. The Balaban J connectivity index is 1.51. The molecule has 3 heteroatoms. The zero-order valence-corrected chi connectivity index (χ0v) is 13.6. The molecule has 2 heterocycles. The highest BCUT2D eigenvalue weighted by atomic mass is 16.5. The van der Waals surface area contributed by atoms with Crippen molar-refractivity contribution < 1.29 is 4.74 Å². The molecule has 0 spiro atoms.